The molecule has 0 heterocycles. The molecule has 3 amide bonds. The van der Waals surface area contributed by atoms with Gasteiger partial charge in [0.15, 0.2) is 18.1 Å². The zero-order valence-electron chi connectivity index (χ0n) is 14.8. The van der Waals surface area contributed by atoms with Gasteiger partial charge in [-0.3, -0.25) is 25.2 Å². The van der Waals surface area contributed by atoms with Crippen LogP contribution in [0, 0.1) is 0 Å². The molecule has 0 aliphatic heterocycles. The van der Waals surface area contributed by atoms with Gasteiger partial charge < -0.3 is 15.2 Å². The van der Waals surface area contributed by atoms with E-state index >= 15 is 0 Å². The largest absolute Gasteiger partial charge is 0.493 e. The van der Waals surface area contributed by atoms with Crippen molar-refractivity contribution in [1.82, 2.24) is 10.9 Å². The van der Waals surface area contributed by atoms with Gasteiger partial charge in [0.2, 0.25) is 5.91 Å². The summed E-state index contributed by atoms with van der Waals surface area (Å²) in [6.45, 7) is -0.400. The highest BCUT2D eigenvalue weighted by Crippen LogP contribution is 2.36. The molecule has 0 atom stereocenters. The molecule has 0 saturated carbocycles. The lowest BCUT2D eigenvalue weighted by atomic mass is 10.1. The number of hydrogen-bond donors (Lipinski definition) is 3. The Hall–Kier alpha value is -2.97. The van der Waals surface area contributed by atoms with Crippen LogP contribution in [0.15, 0.2) is 36.4 Å². The molecule has 0 spiro atoms. The third kappa shape index (κ3) is 6.04. The predicted octanol–water partition coefficient (Wildman–Crippen LogP) is 1.87. The second-order valence-corrected chi connectivity index (χ2v) is 6.39. The average molecular weight is 426 g/mol. The van der Waals surface area contributed by atoms with Crippen LogP contribution in [-0.4, -0.2) is 31.4 Å². The van der Waals surface area contributed by atoms with E-state index in [1.807, 2.05) is 0 Å². The Morgan fingerprint density at radius 2 is 1.75 bits per heavy atom. The van der Waals surface area contributed by atoms with Crippen LogP contribution in [-0.2, 0) is 16.0 Å². The Morgan fingerprint density at radius 1 is 1.07 bits per heavy atom. The maximum atomic E-state index is 12.3. The van der Waals surface area contributed by atoms with Crippen LogP contribution in [0.5, 0.6) is 11.5 Å². The molecule has 148 valence electrons. The minimum atomic E-state index is -0.691. The number of rotatable bonds is 7. The van der Waals surface area contributed by atoms with E-state index < -0.39 is 24.3 Å². The zero-order chi connectivity index (χ0) is 20.7. The molecule has 0 aliphatic carbocycles. The third-order valence-corrected chi connectivity index (χ3v) is 3.98. The molecule has 2 aromatic rings. The topological polar surface area (TPSA) is 120 Å². The van der Waals surface area contributed by atoms with Crippen LogP contribution in [0.2, 0.25) is 10.0 Å². The van der Waals surface area contributed by atoms with Gasteiger partial charge in [0.25, 0.3) is 11.8 Å². The lowest BCUT2D eigenvalue weighted by molar-refractivity contribution is -0.121. The van der Waals surface area contributed by atoms with Crippen LogP contribution in [0.1, 0.15) is 15.9 Å². The minimum absolute atomic E-state index is 0.0400. The second-order valence-electron chi connectivity index (χ2n) is 5.55. The SMILES string of the molecule is COc1cc(C(=O)NNC(=O)Cc2ccc(Cl)cc2)cc(Cl)c1OCC(N)=O. The Morgan fingerprint density at radius 3 is 2.36 bits per heavy atom. The molecule has 10 heteroatoms. The van der Waals surface area contributed by atoms with Gasteiger partial charge in [0.1, 0.15) is 0 Å². The quantitative estimate of drug-likeness (QED) is 0.584. The summed E-state index contributed by atoms with van der Waals surface area (Å²) >= 11 is 11.9. The summed E-state index contributed by atoms with van der Waals surface area (Å²) in [7, 11) is 1.35. The van der Waals surface area contributed by atoms with Crippen LogP contribution in [0.3, 0.4) is 0 Å². The molecule has 4 N–H and O–H groups in total. The summed E-state index contributed by atoms with van der Waals surface area (Å²) in [4.78, 5) is 35.1. The number of ether oxygens (including phenoxy) is 2. The summed E-state index contributed by atoms with van der Waals surface area (Å²) in [5.74, 6) is -1.53. The van der Waals surface area contributed by atoms with E-state index in [0.717, 1.165) is 5.56 Å². The highest BCUT2D eigenvalue weighted by atomic mass is 35.5. The lowest BCUT2D eigenvalue weighted by Gasteiger charge is -2.13. The van der Waals surface area contributed by atoms with E-state index in [1.54, 1.807) is 24.3 Å². The number of nitrogens with one attached hydrogen (secondary N) is 2. The van der Waals surface area contributed by atoms with Gasteiger partial charge in [-0.2, -0.15) is 0 Å². The smallest absolute Gasteiger partial charge is 0.269 e. The standard InChI is InChI=1S/C18H17Cl2N3O5/c1-27-14-8-11(7-13(20)17(14)28-9-15(21)24)18(26)23-22-16(25)6-10-2-4-12(19)5-3-10/h2-5,7-8H,6,9H2,1H3,(H2,21,24)(H,22,25)(H,23,26). The number of carbonyl (C=O) groups excluding carboxylic acids is 3. The maximum Gasteiger partial charge on any atom is 0.269 e. The van der Waals surface area contributed by atoms with Gasteiger partial charge in [0.05, 0.1) is 18.6 Å². The van der Waals surface area contributed by atoms with Crippen LogP contribution in [0.4, 0.5) is 0 Å². The summed E-state index contributed by atoms with van der Waals surface area (Å²) in [5.41, 5.74) is 10.5. The normalized spacial score (nSPS) is 10.1. The Kier molecular flexibility index (Phi) is 7.48. The number of hydrazine groups is 1. The fourth-order valence-electron chi connectivity index (χ4n) is 2.16. The van der Waals surface area contributed by atoms with Crippen molar-refractivity contribution in [2.75, 3.05) is 13.7 Å². The number of nitrogens with two attached hydrogens (primary N) is 1. The summed E-state index contributed by atoms with van der Waals surface area (Å²) in [6.07, 6.45) is 0.0570. The van der Waals surface area contributed by atoms with E-state index in [4.69, 9.17) is 38.4 Å². The number of carbonyl (C=O) groups is 3. The molecule has 8 nitrogen and oxygen atoms in total. The molecule has 0 fully saturated rings. The number of halogens is 2. The monoisotopic (exact) mass is 425 g/mol. The van der Waals surface area contributed by atoms with Crippen molar-refractivity contribution < 1.29 is 23.9 Å². The lowest BCUT2D eigenvalue weighted by Crippen LogP contribution is -2.42. The first kappa shape index (κ1) is 21.3. The van der Waals surface area contributed by atoms with Gasteiger partial charge in [0, 0.05) is 10.6 Å². The molecule has 0 bridgehead atoms. The van der Waals surface area contributed by atoms with E-state index in [-0.39, 0.29) is 28.5 Å². The Bertz CT molecular complexity index is 888. The van der Waals surface area contributed by atoms with Crippen molar-refractivity contribution in [1.29, 1.82) is 0 Å². The van der Waals surface area contributed by atoms with Gasteiger partial charge in [-0.25, -0.2) is 0 Å². The number of hydrogen-bond acceptors (Lipinski definition) is 5. The molecule has 0 unspecified atom stereocenters. The van der Waals surface area contributed by atoms with Crippen molar-refractivity contribution in [2.45, 2.75) is 6.42 Å². The fourth-order valence-corrected chi connectivity index (χ4v) is 2.56. The van der Waals surface area contributed by atoms with Crippen molar-refractivity contribution in [3.8, 4) is 11.5 Å². The fraction of sp³-hybridized carbons (Fsp3) is 0.167. The number of methoxy groups -OCH3 is 1. The first-order valence-corrected chi connectivity index (χ1v) is 8.68. The van der Waals surface area contributed by atoms with Crippen LogP contribution in [0.25, 0.3) is 0 Å². The van der Waals surface area contributed by atoms with Crippen molar-refractivity contribution in [3.63, 3.8) is 0 Å². The minimum Gasteiger partial charge on any atom is -0.493 e. The molecule has 0 aromatic heterocycles. The van der Waals surface area contributed by atoms with Gasteiger partial charge in [-0.05, 0) is 29.8 Å². The number of benzene rings is 2. The van der Waals surface area contributed by atoms with Crippen molar-refractivity contribution in [2.24, 2.45) is 5.73 Å². The molecule has 0 saturated heterocycles. The first-order valence-electron chi connectivity index (χ1n) is 7.92. The molecular formula is C18H17Cl2N3O5. The molecular weight excluding hydrogens is 409 g/mol. The van der Waals surface area contributed by atoms with E-state index in [0.29, 0.717) is 5.02 Å². The Balaban J connectivity index is 2.01. The molecule has 2 aromatic carbocycles. The maximum absolute atomic E-state index is 12.3. The van der Waals surface area contributed by atoms with E-state index in [1.165, 1.54) is 19.2 Å². The van der Waals surface area contributed by atoms with Crippen LogP contribution < -0.4 is 26.1 Å². The van der Waals surface area contributed by atoms with Gasteiger partial charge >= 0.3 is 0 Å². The van der Waals surface area contributed by atoms with Gasteiger partial charge in [-0.1, -0.05) is 35.3 Å². The summed E-state index contributed by atoms with van der Waals surface area (Å²) < 4.78 is 10.3. The summed E-state index contributed by atoms with van der Waals surface area (Å²) in [6, 6.07) is 9.40. The summed E-state index contributed by atoms with van der Waals surface area (Å²) in [5, 5.41) is 0.602. The van der Waals surface area contributed by atoms with Crippen molar-refractivity contribution >= 4 is 40.9 Å². The number of amides is 3. The molecule has 28 heavy (non-hydrogen) atoms. The zero-order valence-corrected chi connectivity index (χ0v) is 16.3. The van der Waals surface area contributed by atoms with Crippen molar-refractivity contribution in [3.05, 3.63) is 57.6 Å². The molecule has 2 rings (SSSR count). The molecule has 0 aliphatic rings. The highest BCUT2D eigenvalue weighted by molar-refractivity contribution is 6.32. The van der Waals surface area contributed by atoms with Gasteiger partial charge in [-0.15, -0.1) is 0 Å². The second kappa shape index (κ2) is 9.82. The van der Waals surface area contributed by atoms with Crippen LogP contribution >= 0.6 is 23.2 Å². The first-order chi connectivity index (χ1) is 13.3. The Labute approximate surface area is 170 Å². The van der Waals surface area contributed by atoms with E-state index in [9.17, 15) is 14.4 Å². The van der Waals surface area contributed by atoms with E-state index in [2.05, 4.69) is 10.9 Å². The predicted molar refractivity (Wildman–Crippen MR) is 103 cm³/mol. The average Bonchev–Trinajstić information content (AvgIpc) is 2.66. The highest BCUT2D eigenvalue weighted by Gasteiger charge is 2.17. The third-order valence-electron chi connectivity index (χ3n) is 3.44. The molecule has 0 radical (unpaired) electrons. The number of primary amides is 1.